The van der Waals surface area contributed by atoms with E-state index >= 15 is 0 Å². The van der Waals surface area contributed by atoms with E-state index in [0.29, 0.717) is 13.0 Å². The molecule has 0 amide bonds. The van der Waals surface area contributed by atoms with Crippen LogP contribution in [-0.2, 0) is 31.1 Å². The predicted octanol–water partition coefficient (Wildman–Crippen LogP) is 2.39. The molecule has 2 bridgehead atoms. The van der Waals surface area contributed by atoms with Crippen molar-refractivity contribution in [3.05, 3.63) is 35.4 Å². The van der Waals surface area contributed by atoms with Crippen LogP contribution in [0, 0.1) is 5.41 Å². The van der Waals surface area contributed by atoms with E-state index < -0.39 is 0 Å². The second kappa shape index (κ2) is 5.26. The first kappa shape index (κ1) is 14.3. The lowest BCUT2D eigenvalue weighted by Gasteiger charge is -2.51. The van der Waals surface area contributed by atoms with Gasteiger partial charge < -0.3 is 14.3 Å². The number of carbonyl (C=O) groups is 2. The highest BCUT2D eigenvalue weighted by Crippen LogP contribution is 2.52. The zero-order valence-electron chi connectivity index (χ0n) is 12.3. The fourth-order valence-electron chi connectivity index (χ4n) is 3.41. The molecule has 4 nitrogen and oxygen atoms in total. The van der Waals surface area contributed by atoms with Gasteiger partial charge in [-0.3, -0.25) is 4.79 Å². The van der Waals surface area contributed by atoms with Crippen molar-refractivity contribution in [2.24, 2.45) is 5.41 Å². The van der Waals surface area contributed by atoms with Crippen molar-refractivity contribution in [1.82, 2.24) is 0 Å². The average molecular weight is 288 g/mol. The SMILES string of the molecule is COC(=O)Cc1ccc(C23CCC(C=O)(CC2)CO3)cc1. The zero-order chi connectivity index (χ0) is 14.9. The van der Waals surface area contributed by atoms with Gasteiger partial charge in [-0.1, -0.05) is 24.3 Å². The highest BCUT2D eigenvalue weighted by molar-refractivity contribution is 5.72. The summed E-state index contributed by atoms with van der Waals surface area (Å²) in [5, 5.41) is 0. The smallest absolute Gasteiger partial charge is 0.309 e. The van der Waals surface area contributed by atoms with Crippen LogP contribution < -0.4 is 0 Å². The molecule has 1 aliphatic carbocycles. The van der Waals surface area contributed by atoms with Gasteiger partial charge in [0.15, 0.2) is 0 Å². The Morgan fingerprint density at radius 1 is 1.24 bits per heavy atom. The van der Waals surface area contributed by atoms with Crippen molar-refractivity contribution < 1.29 is 19.1 Å². The minimum Gasteiger partial charge on any atom is -0.469 e. The molecule has 4 heteroatoms. The maximum atomic E-state index is 11.3. The summed E-state index contributed by atoms with van der Waals surface area (Å²) in [5.41, 5.74) is 1.60. The standard InChI is InChI=1S/C17H20O4/c1-20-15(19)10-13-2-4-14(5-3-13)17-8-6-16(11-18,7-9-17)12-21-17/h2-5,11H,6-10,12H2,1H3. The molecule has 0 atom stereocenters. The first-order chi connectivity index (χ1) is 10.1. The summed E-state index contributed by atoms with van der Waals surface area (Å²) in [7, 11) is 1.40. The molecule has 3 aliphatic rings. The molecule has 0 unspecified atom stereocenters. The lowest BCUT2D eigenvalue weighted by atomic mass is 9.65. The molecule has 2 heterocycles. The number of methoxy groups -OCH3 is 1. The van der Waals surface area contributed by atoms with E-state index in [1.165, 1.54) is 7.11 Å². The van der Waals surface area contributed by atoms with E-state index in [0.717, 1.165) is 43.1 Å². The predicted molar refractivity (Wildman–Crippen MR) is 76.8 cm³/mol. The molecule has 0 aromatic heterocycles. The number of aldehydes is 1. The molecular formula is C17H20O4. The molecule has 3 fully saturated rings. The Morgan fingerprint density at radius 3 is 2.38 bits per heavy atom. The first-order valence-electron chi connectivity index (χ1n) is 7.38. The van der Waals surface area contributed by atoms with E-state index in [-0.39, 0.29) is 17.0 Å². The molecule has 21 heavy (non-hydrogen) atoms. The lowest BCUT2D eigenvalue weighted by molar-refractivity contribution is -0.186. The summed E-state index contributed by atoms with van der Waals surface area (Å²) >= 11 is 0. The lowest BCUT2D eigenvalue weighted by Crippen LogP contribution is -2.49. The van der Waals surface area contributed by atoms with Crippen molar-refractivity contribution in [3.8, 4) is 0 Å². The van der Waals surface area contributed by atoms with Gasteiger partial charge in [-0.25, -0.2) is 0 Å². The maximum Gasteiger partial charge on any atom is 0.309 e. The molecule has 2 aliphatic heterocycles. The Balaban J connectivity index is 1.76. The van der Waals surface area contributed by atoms with Gasteiger partial charge in [-0.2, -0.15) is 0 Å². The van der Waals surface area contributed by atoms with Crippen molar-refractivity contribution >= 4 is 12.3 Å². The second-order valence-electron chi connectivity index (χ2n) is 6.21. The normalized spacial score (nSPS) is 30.9. The molecule has 1 aromatic rings. The number of esters is 1. The highest BCUT2D eigenvalue weighted by Gasteiger charge is 2.50. The summed E-state index contributed by atoms with van der Waals surface area (Å²) in [6, 6.07) is 8.00. The highest BCUT2D eigenvalue weighted by atomic mass is 16.5. The van der Waals surface area contributed by atoms with Gasteiger partial charge in [0, 0.05) is 5.41 Å². The Labute approximate surface area is 124 Å². The number of carbonyl (C=O) groups excluding carboxylic acids is 2. The third kappa shape index (κ3) is 2.48. The van der Waals surface area contributed by atoms with Gasteiger partial charge in [0.1, 0.15) is 6.29 Å². The van der Waals surface area contributed by atoms with Gasteiger partial charge in [0.05, 0.1) is 25.7 Å². The Morgan fingerprint density at radius 2 is 1.90 bits per heavy atom. The van der Waals surface area contributed by atoms with Crippen LogP contribution in [0.2, 0.25) is 0 Å². The van der Waals surface area contributed by atoms with E-state index in [1.54, 1.807) is 0 Å². The van der Waals surface area contributed by atoms with Crippen molar-refractivity contribution in [2.75, 3.05) is 13.7 Å². The molecule has 2 saturated heterocycles. The summed E-state index contributed by atoms with van der Waals surface area (Å²) in [5.74, 6) is -0.233. The summed E-state index contributed by atoms with van der Waals surface area (Å²) in [6.07, 6.45) is 4.96. The Bertz CT molecular complexity index is 522. The largest absolute Gasteiger partial charge is 0.469 e. The zero-order valence-corrected chi connectivity index (χ0v) is 12.3. The fraction of sp³-hybridized carbons (Fsp3) is 0.529. The van der Waals surface area contributed by atoms with Crippen LogP contribution in [0.15, 0.2) is 24.3 Å². The number of fused-ring (bicyclic) bond motifs is 3. The third-order valence-corrected chi connectivity index (χ3v) is 5.00. The monoisotopic (exact) mass is 288 g/mol. The molecular weight excluding hydrogens is 268 g/mol. The molecule has 1 saturated carbocycles. The minimum absolute atomic E-state index is 0.233. The van der Waals surface area contributed by atoms with Crippen LogP contribution in [0.5, 0.6) is 0 Å². The molecule has 0 spiro atoms. The number of rotatable bonds is 4. The van der Waals surface area contributed by atoms with E-state index in [4.69, 9.17) is 4.74 Å². The van der Waals surface area contributed by atoms with Gasteiger partial charge in [-0.15, -0.1) is 0 Å². The van der Waals surface area contributed by atoms with Crippen LogP contribution in [-0.4, -0.2) is 26.0 Å². The van der Waals surface area contributed by atoms with Gasteiger partial charge >= 0.3 is 5.97 Å². The quantitative estimate of drug-likeness (QED) is 0.630. The van der Waals surface area contributed by atoms with E-state index in [2.05, 4.69) is 4.74 Å². The minimum atomic E-state index is -0.243. The summed E-state index contributed by atoms with van der Waals surface area (Å²) < 4.78 is 10.7. The summed E-state index contributed by atoms with van der Waals surface area (Å²) in [4.78, 5) is 22.5. The number of hydrogen-bond acceptors (Lipinski definition) is 4. The van der Waals surface area contributed by atoms with Crippen molar-refractivity contribution in [1.29, 1.82) is 0 Å². The number of ether oxygens (including phenoxy) is 2. The van der Waals surface area contributed by atoms with Crippen molar-refractivity contribution in [2.45, 2.75) is 37.7 Å². The van der Waals surface area contributed by atoms with Gasteiger partial charge in [0.2, 0.25) is 0 Å². The Kier molecular flexibility index (Phi) is 3.57. The molecule has 1 aromatic carbocycles. The maximum absolute atomic E-state index is 11.3. The Hall–Kier alpha value is -1.68. The van der Waals surface area contributed by atoms with Crippen LogP contribution in [0.4, 0.5) is 0 Å². The topological polar surface area (TPSA) is 52.6 Å². The van der Waals surface area contributed by atoms with Gasteiger partial charge in [0.25, 0.3) is 0 Å². The molecule has 112 valence electrons. The van der Waals surface area contributed by atoms with Crippen LogP contribution >= 0.6 is 0 Å². The van der Waals surface area contributed by atoms with E-state index in [9.17, 15) is 9.59 Å². The summed E-state index contributed by atoms with van der Waals surface area (Å²) in [6.45, 7) is 0.528. The van der Waals surface area contributed by atoms with Crippen LogP contribution in [0.3, 0.4) is 0 Å². The second-order valence-corrected chi connectivity index (χ2v) is 6.21. The van der Waals surface area contributed by atoms with E-state index in [1.807, 2.05) is 24.3 Å². The van der Waals surface area contributed by atoms with Crippen LogP contribution in [0.25, 0.3) is 0 Å². The first-order valence-corrected chi connectivity index (χ1v) is 7.38. The van der Waals surface area contributed by atoms with Gasteiger partial charge in [-0.05, 0) is 36.8 Å². The molecule has 0 N–H and O–H groups in total. The van der Waals surface area contributed by atoms with Crippen molar-refractivity contribution in [3.63, 3.8) is 0 Å². The fourth-order valence-corrected chi connectivity index (χ4v) is 3.41. The number of hydrogen-bond donors (Lipinski definition) is 0. The molecule has 4 rings (SSSR count). The third-order valence-electron chi connectivity index (χ3n) is 5.00. The average Bonchev–Trinajstić information content (AvgIpc) is 2.57. The molecule has 0 radical (unpaired) electrons. The van der Waals surface area contributed by atoms with Crippen LogP contribution in [0.1, 0.15) is 36.8 Å². The number of benzene rings is 1.